The SMILES string of the molecule is CCCCCCCCCCCCCCCCCCc1ccc(CC)c(CC)c1.CCCN.CCCS(=O)(=O)O.N[SH](=O)=O. The first kappa shape index (κ1) is 46.4. The Labute approximate surface area is 269 Å². The summed E-state index contributed by atoms with van der Waals surface area (Å²) < 4.78 is 45.2. The normalized spacial score (nSPS) is 10.7. The maximum atomic E-state index is 9.79. The molecule has 0 amide bonds. The molecule has 258 valence electrons. The van der Waals surface area contributed by atoms with Gasteiger partial charge in [0.05, 0.1) is 5.75 Å². The Hall–Kier alpha value is -1.00. The molecule has 0 aliphatic rings. The van der Waals surface area contributed by atoms with Gasteiger partial charge in [0.15, 0.2) is 10.9 Å². The number of rotatable bonds is 22. The van der Waals surface area contributed by atoms with Crippen molar-refractivity contribution in [3.63, 3.8) is 0 Å². The van der Waals surface area contributed by atoms with Crippen LogP contribution in [0.2, 0.25) is 0 Å². The first-order chi connectivity index (χ1) is 20.5. The molecule has 1 rings (SSSR count). The van der Waals surface area contributed by atoms with Crippen LogP contribution in [0.4, 0.5) is 0 Å². The van der Waals surface area contributed by atoms with E-state index in [0.29, 0.717) is 6.42 Å². The second kappa shape index (κ2) is 35.5. The van der Waals surface area contributed by atoms with Gasteiger partial charge in [0, 0.05) is 0 Å². The second-order valence-electron chi connectivity index (χ2n) is 11.2. The molecule has 1 aromatic rings. The summed E-state index contributed by atoms with van der Waals surface area (Å²) in [7, 11) is -6.29. The molecule has 43 heavy (non-hydrogen) atoms. The average molecular weight is 651 g/mol. The van der Waals surface area contributed by atoms with Crippen LogP contribution in [0.1, 0.15) is 167 Å². The van der Waals surface area contributed by atoms with Crippen LogP contribution < -0.4 is 10.9 Å². The van der Waals surface area contributed by atoms with Gasteiger partial charge in [-0.15, -0.1) is 0 Å². The smallest absolute Gasteiger partial charge is 0.264 e. The van der Waals surface area contributed by atoms with Crippen LogP contribution in [0, 0.1) is 0 Å². The molecule has 0 spiro atoms. The molecule has 0 aliphatic carbocycles. The molecule has 5 N–H and O–H groups in total. The summed E-state index contributed by atoms with van der Waals surface area (Å²) in [5.41, 5.74) is 9.69. The Balaban J connectivity index is -0.000000875. The molecule has 0 saturated heterocycles. The summed E-state index contributed by atoms with van der Waals surface area (Å²) in [5.74, 6) is -0.132. The van der Waals surface area contributed by atoms with E-state index in [1.807, 2.05) is 0 Å². The Bertz CT molecular complexity index is 881. The lowest BCUT2D eigenvalue weighted by atomic mass is 9.97. The Morgan fingerprint density at radius 2 is 1.00 bits per heavy atom. The zero-order valence-corrected chi connectivity index (χ0v) is 30.3. The van der Waals surface area contributed by atoms with Crippen molar-refractivity contribution in [1.82, 2.24) is 0 Å². The van der Waals surface area contributed by atoms with Gasteiger partial charge < -0.3 is 5.73 Å². The highest BCUT2D eigenvalue weighted by Crippen LogP contribution is 2.17. The number of aryl methyl sites for hydroxylation is 3. The lowest BCUT2D eigenvalue weighted by molar-refractivity contribution is 0.482. The molecule has 1 aromatic carbocycles. The van der Waals surface area contributed by atoms with Crippen LogP contribution >= 0.6 is 0 Å². The van der Waals surface area contributed by atoms with Crippen LogP contribution in [-0.2, 0) is 40.3 Å². The van der Waals surface area contributed by atoms with Gasteiger partial charge in [-0.1, -0.05) is 149 Å². The van der Waals surface area contributed by atoms with Gasteiger partial charge in [-0.3, -0.25) is 4.55 Å². The zero-order chi connectivity index (χ0) is 33.2. The van der Waals surface area contributed by atoms with E-state index in [1.165, 1.54) is 122 Å². The molecular formula is C34H70N2O5S2. The van der Waals surface area contributed by atoms with Crippen molar-refractivity contribution in [2.75, 3.05) is 12.3 Å². The van der Waals surface area contributed by atoms with Crippen molar-refractivity contribution >= 4 is 21.0 Å². The third-order valence-corrected chi connectivity index (χ3v) is 8.03. The molecule has 0 bridgehead atoms. The first-order valence-electron chi connectivity index (χ1n) is 17.2. The molecule has 0 fully saturated rings. The number of hydrogen-bond donors (Lipinski definition) is 4. The van der Waals surface area contributed by atoms with Crippen molar-refractivity contribution in [2.24, 2.45) is 10.9 Å². The minimum Gasteiger partial charge on any atom is -0.330 e. The van der Waals surface area contributed by atoms with Gasteiger partial charge in [0.1, 0.15) is 0 Å². The van der Waals surface area contributed by atoms with Gasteiger partial charge in [-0.25, -0.2) is 13.6 Å². The third kappa shape index (κ3) is 41.0. The standard InChI is InChI=1S/C28H50.C3H9N.C3H8O3S.H3NO2S/c1-4-7-8-9-10-11-12-13-14-15-16-17-18-19-20-21-22-26-23-24-27(5-2)28(6-3)25-26;1-2-3-4;1-2-3-7(4,5)6;1-4(2)3/h23-25H,4-22H2,1-3H3;2-4H2,1H3;2-3H2,1H3,(H,4,5,6);4H,(H2,1,2,3). The van der Waals surface area contributed by atoms with Crippen molar-refractivity contribution in [3.8, 4) is 0 Å². The average Bonchev–Trinajstić information content (AvgIpc) is 2.96. The van der Waals surface area contributed by atoms with Gasteiger partial charge >= 0.3 is 0 Å². The van der Waals surface area contributed by atoms with E-state index in [4.69, 9.17) is 18.7 Å². The van der Waals surface area contributed by atoms with E-state index in [-0.39, 0.29) is 5.75 Å². The Morgan fingerprint density at radius 3 is 1.28 bits per heavy atom. The Kier molecular flexibility index (Phi) is 38.3. The lowest BCUT2D eigenvalue weighted by Crippen LogP contribution is -2.01. The summed E-state index contributed by atoms with van der Waals surface area (Å²) in [5, 5.41) is 4.06. The van der Waals surface area contributed by atoms with E-state index in [1.54, 1.807) is 23.6 Å². The van der Waals surface area contributed by atoms with Gasteiger partial charge in [-0.05, 0) is 61.8 Å². The van der Waals surface area contributed by atoms with Crippen LogP contribution in [0.3, 0.4) is 0 Å². The van der Waals surface area contributed by atoms with E-state index < -0.39 is 21.0 Å². The zero-order valence-electron chi connectivity index (χ0n) is 28.6. The molecule has 0 heterocycles. The van der Waals surface area contributed by atoms with Crippen LogP contribution in [0.5, 0.6) is 0 Å². The molecule has 9 heteroatoms. The fraction of sp³-hybridized carbons (Fsp3) is 0.824. The molecule has 0 unspecified atom stereocenters. The highest BCUT2D eigenvalue weighted by molar-refractivity contribution is 7.85. The van der Waals surface area contributed by atoms with Crippen molar-refractivity contribution in [2.45, 2.75) is 169 Å². The van der Waals surface area contributed by atoms with Crippen LogP contribution in [0.15, 0.2) is 18.2 Å². The number of hydrogen-bond acceptors (Lipinski definition) is 5. The third-order valence-electron chi connectivity index (χ3n) is 7.10. The van der Waals surface area contributed by atoms with Crippen molar-refractivity contribution < 1.29 is 21.4 Å². The van der Waals surface area contributed by atoms with Gasteiger partial charge in [-0.2, -0.15) is 8.42 Å². The minimum absolute atomic E-state index is 0.132. The van der Waals surface area contributed by atoms with E-state index in [2.05, 4.69) is 51.0 Å². The van der Waals surface area contributed by atoms with Crippen molar-refractivity contribution in [3.05, 3.63) is 34.9 Å². The maximum absolute atomic E-state index is 9.79. The number of thiol groups is 1. The summed E-state index contributed by atoms with van der Waals surface area (Å²) in [6, 6.07) is 7.19. The molecule has 0 saturated carbocycles. The molecule has 0 aliphatic heterocycles. The monoisotopic (exact) mass is 650 g/mol. The van der Waals surface area contributed by atoms with Gasteiger partial charge in [0.25, 0.3) is 10.1 Å². The molecule has 0 aromatic heterocycles. The number of nitrogens with two attached hydrogens (primary N) is 2. The maximum Gasteiger partial charge on any atom is 0.264 e. The molecule has 7 nitrogen and oxygen atoms in total. The molecule has 0 radical (unpaired) electrons. The first-order valence-corrected chi connectivity index (χ1v) is 20.0. The summed E-state index contributed by atoms with van der Waals surface area (Å²) in [6.45, 7) is 11.4. The predicted octanol–water partition coefficient (Wildman–Crippen LogP) is 8.73. The highest BCUT2D eigenvalue weighted by atomic mass is 32.2. The Morgan fingerprint density at radius 1 is 0.628 bits per heavy atom. The fourth-order valence-electron chi connectivity index (χ4n) is 4.64. The quantitative estimate of drug-likeness (QED) is 0.0562. The minimum atomic E-state index is -3.67. The second-order valence-corrected chi connectivity index (χ2v) is 13.4. The number of benzene rings is 1. The van der Waals surface area contributed by atoms with E-state index >= 15 is 0 Å². The lowest BCUT2D eigenvalue weighted by Gasteiger charge is -2.09. The van der Waals surface area contributed by atoms with E-state index in [9.17, 15) is 8.42 Å². The van der Waals surface area contributed by atoms with E-state index in [0.717, 1.165) is 13.0 Å². The highest BCUT2D eigenvalue weighted by Gasteiger charge is 2.01. The summed E-state index contributed by atoms with van der Waals surface area (Å²) in [6.07, 6.45) is 28.4. The van der Waals surface area contributed by atoms with Gasteiger partial charge in [0.2, 0.25) is 0 Å². The predicted molar refractivity (Wildman–Crippen MR) is 189 cm³/mol. The van der Waals surface area contributed by atoms with Crippen molar-refractivity contribution in [1.29, 1.82) is 0 Å². The van der Waals surface area contributed by atoms with Crippen LogP contribution in [-0.4, -0.2) is 33.7 Å². The molecule has 0 atom stereocenters. The molecular weight excluding hydrogens is 581 g/mol. The number of unbranched alkanes of at least 4 members (excludes halogenated alkanes) is 15. The largest absolute Gasteiger partial charge is 0.330 e. The summed E-state index contributed by atoms with van der Waals surface area (Å²) in [4.78, 5) is 0. The fourth-order valence-corrected chi connectivity index (χ4v) is 5.16. The van der Waals surface area contributed by atoms with Crippen LogP contribution in [0.25, 0.3) is 0 Å². The summed E-state index contributed by atoms with van der Waals surface area (Å²) >= 11 is 0. The topological polar surface area (TPSA) is 141 Å².